The molecule has 11 nitrogen and oxygen atoms in total. The molecule has 1 amide bonds. The smallest absolute Gasteiger partial charge is 0.242 e. The second-order valence-corrected chi connectivity index (χ2v) is 11.7. The monoisotopic (exact) mass is 539 g/mol. The van der Waals surface area contributed by atoms with Crippen molar-refractivity contribution in [3.8, 4) is 11.8 Å². The maximum absolute atomic E-state index is 12.8. The number of rotatable bonds is 8. The molecule has 4 fully saturated rings. The molecule has 4 aliphatic rings. The van der Waals surface area contributed by atoms with E-state index in [1.807, 2.05) is 38.1 Å². The third kappa shape index (κ3) is 7.01. The average molecular weight is 540 g/mol. The fourth-order valence-electron chi connectivity index (χ4n) is 6.13. The van der Waals surface area contributed by atoms with E-state index in [-0.39, 0.29) is 30.3 Å². The van der Waals surface area contributed by atoms with Gasteiger partial charge in [0.25, 0.3) is 0 Å². The summed E-state index contributed by atoms with van der Waals surface area (Å²) in [6, 6.07) is 10.5. The van der Waals surface area contributed by atoms with Crippen molar-refractivity contribution in [2.75, 3.05) is 64.3 Å². The summed E-state index contributed by atoms with van der Waals surface area (Å²) < 4.78 is 6.04. The molecule has 214 valence electrons. The van der Waals surface area contributed by atoms with Gasteiger partial charge in [-0.25, -0.2) is 5.43 Å². The molecule has 4 saturated heterocycles. The van der Waals surface area contributed by atoms with Gasteiger partial charge in [-0.2, -0.15) is 5.26 Å². The maximum Gasteiger partial charge on any atom is 0.242 e. The van der Waals surface area contributed by atoms with Crippen molar-refractivity contribution in [2.45, 2.75) is 63.6 Å². The third-order valence-corrected chi connectivity index (χ3v) is 8.63. The third-order valence-electron chi connectivity index (χ3n) is 8.63. The number of amides is 1. The molecule has 4 heterocycles. The molecule has 0 saturated carbocycles. The van der Waals surface area contributed by atoms with Crippen LogP contribution in [0.25, 0.3) is 0 Å². The van der Waals surface area contributed by atoms with Crippen molar-refractivity contribution in [3.05, 3.63) is 24.3 Å². The molecule has 0 spiro atoms. The van der Waals surface area contributed by atoms with E-state index in [1.54, 1.807) is 0 Å². The zero-order valence-electron chi connectivity index (χ0n) is 23.4. The van der Waals surface area contributed by atoms with Gasteiger partial charge in [-0.15, -0.1) is 0 Å². The summed E-state index contributed by atoms with van der Waals surface area (Å²) >= 11 is 0. The number of nitrogens with one attached hydrogen (secondary N) is 5. The largest absolute Gasteiger partial charge is 0.492 e. The highest BCUT2D eigenvalue weighted by atomic mass is 16.5. The summed E-state index contributed by atoms with van der Waals surface area (Å²) in [5.74, 6) is 0.600. The van der Waals surface area contributed by atoms with E-state index in [0.29, 0.717) is 13.2 Å². The van der Waals surface area contributed by atoms with Gasteiger partial charge >= 0.3 is 0 Å². The Hall–Kier alpha value is -2.46. The van der Waals surface area contributed by atoms with Gasteiger partial charge in [0.05, 0.1) is 18.2 Å². The van der Waals surface area contributed by atoms with E-state index in [1.165, 1.54) is 25.7 Å². The Bertz CT molecular complexity index is 982. The number of carbonyl (C=O) groups excluding carboxylic acids is 1. The van der Waals surface area contributed by atoms with E-state index in [4.69, 9.17) is 4.74 Å². The summed E-state index contributed by atoms with van der Waals surface area (Å²) in [6.07, 6.45) is 4.83. The predicted octanol–water partition coefficient (Wildman–Crippen LogP) is 0.695. The first-order valence-corrected chi connectivity index (χ1v) is 14.6. The quantitative estimate of drug-likeness (QED) is 0.323. The molecule has 0 aliphatic carbocycles. The number of nitriles is 1. The van der Waals surface area contributed by atoms with Crippen LogP contribution in [0.4, 0.5) is 5.69 Å². The van der Waals surface area contributed by atoms with Crippen molar-refractivity contribution >= 4 is 11.6 Å². The number of likely N-dealkylation sites (tertiary alicyclic amines) is 1. The van der Waals surface area contributed by atoms with Gasteiger partial charge in [0.2, 0.25) is 5.91 Å². The number of ether oxygens (including phenoxy) is 1. The van der Waals surface area contributed by atoms with Crippen LogP contribution in [0.1, 0.15) is 39.5 Å². The average Bonchev–Trinajstić information content (AvgIpc) is 3.24. The van der Waals surface area contributed by atoms with Crippen molar-refractivity contribution in [1.82, 2.24) is 36.2 Å². The summed E-state index contributed by atoms with van der Waals surface area (Å²) in [4.78, 5) is 19.9. The molecule has 5 N–H and O–H groups in total. The van der Waals surface area contributed by atoms with Crippen molar-refractivity contribution in [2.24, 2.45) is 5.92 Å². The van der Waals surface area contributed by atoms with Crippen LogP contribution < -0.4 is 31.5 Å². The minimum atomic E-state index is -0.408. The maximum atomic E-state index is 12.8. The van der Waals surface area contributed by atoms with E-state index in [9.17, 15) is 10.1 Å². The Kier molecular flexibility index (Phi) is 9.22. The van der Waals surface area contributed by atoms with Crippen LogP contribution >= 0.6 is 0 Å². The predicted molar refractivity (Wildman–Crippen MR) is 151 cm³/mol. The first-order chi connectivity index (χ1) is 18.9. The number of fused-ring (bicyclic) bond motifs is 1. The zero-order valence-corrected chi connectivity index (χ0v) is 23.4. The molecule has 0 bridgehead atoms. The fraction of sp³-hybridized carbons (Fsp3) is 0.714. The summed E-state index contributed by atoms with van der Waals surface area (Å²) in [5.41, 5.74) is 6.40. The molecule has 4 aliphatic heterocycles. The fourth-order valence-corrected chi connectivity index (χ4v) is 6.13. The minimum absolute atomic E-state index is 0.00459. The Labute approximate surface area is 232 Å². The molecule has 39 heavy (non-hydrogen) atoms. The van der Waals surface area contributed by atoms with Gasteiger partial charge in [-0.3, -0.25) is 35.6 Å². The van der Waals surface area contributed by atoms with Crippen LogP contribution in [-0.2, 0) is 4.79 Å². The summed E-state index contributed by atoms with van der Waals surface area (Å²) in [7, 11) is 0. The highest BCUT2D eigenvalue weighted by Gasteiger charge is 2.45. The molecule has 5 rings (SSSR count). The second kappa shape index (κ2) is 12.8. The summed E-state index contributed by atoms with van der Waals surface area (Å²) in [5, 5.41) is 20.3. The lowest BCUT2D eigenvalue weighted by Crippen LogP contribution is -2.76. The number of nitrogens with zero attached hydrogens (tertiary/aromatic N) is 4. The summed E-state index contributed by atoms with van der Waals surface area (Å²) in [6.45, 7) is 12.0. The molecule has 0 radical (unpaired) electrons. The van der Waals surface area contributed by atoms with Gasteiger partial charge in [-0.05, 0) is 51.0 Å². The zero-order chi connectivity index (χ0) is 27.2. The van der Waals surface area contributed by atoms with E-state index >= 15 is 0 Å². The standard InChI is InChI=1S/C28H45N9O2/c1-28(2,20-29)37-15-13-35(14-16-37)17-18-39-22-9-7-21(8-10-22)31-25-24-23(19-30-34-26(24)38)32-27(33-25)36-11-5-3-4-6-12-36/h7-10,23-25,27,30-33H,3-6,11-19H2,1-2H3,(H,34,38). The Morgan fingerprint density at radius 2 is 1.74 bits per heavy atom. The highest BCUT2D eigenvalue weighted by molar-refractivity contribution is 5.81. The van der Waals surface area contributed by atoms with Gasteiger partial charge in [0, 0.05) is 64.1 Å². The van der Waals surface area contributed by atoms with Crippen molar-refractivity contribution in [3.63, 3.8) is 0 Å². The number of hydrazine groups is 1. The molecular weight excluding hydrogens is 494 g/mol. The first kappa shape index (κ1) is 28.1. The van der Waals surface area contributed by atoms with Crippen LogP contribution in [0.2, 0.25) is 0 Å². The second-order valence-electron chi connectivity index (χ2n) is 11.7. The van der Waals surface area contributed by atoms with Crippen LogP contribution in [0.15, 0.2) is 24.3 Å². The van der Waals surface area contributed by atoms with Crippen molar-refractivity contribution in [1.29, 1.82) is 5.26 Å². The SMILES string of the molecule is CC(C)(C#N)N1CCN(CCOc2ccc(NC3NC(N4CCCCCC4)NC4CNNC(=O)C43)cc2)CC1. The lowest BCUT2D eigenvalue weighted by Gasteiger charge is -2.48. The number of piperazine rings is 1. The lowest BCUT2D eigenvalue weighted by molar-refractivity contribution is -0.132. The number of benzene rings is 1. The van der Waals surface area contributed by atoms with Crippen LogP contribution in [0.5, 0.6) is 5.75 Å². The normalized spacial score (nSPS) is 29.5. The van der Waals surface area contributed by atoms with Crippen molar-refractivity contribution < 1.29 is 9.53 Å². The Morgan fingerprint density at radius 3 is 2.44 bits per heavy atom. The number of hydrogen-bond donors (Lipinski definition) is 5. The van der Waals surface area contributed by atoms with Gasteiger partial charge in [0.1, 0.15) is 24.2 Å². The topological polar surface area (TPSA) is 120 Å². The Morgan fingerprint density at radius 1 is 1.03 bits per heavy atom. The van der Waals surface area contributed by atoms with Crippen LogP contribution in [0.3, 0.4) is 0 Å². The number of anilines is 1. The van der Waals surface area contributed by atoms with Gasteiger partial charge in [-0.1, -0.05) is 12.8 Å². The molecular formula is C28H45N9O2. The van der Waals surface area contributed by atoms with Crippen LogP contribution in [0, 0.1) is 17.2 Å². The first-order valence-electron chi connectivity index (χ1n) is 14.6. The Balaban J connectivity index is 1.13. The van der Waals surface area contributed by atoms with Crippen LogP contribution in [-0.4, -0.2) is 104 Å². The number of hydrogen-bond acceptors (Lipinski definition) is 10. The minimum Gasteiger partial charge on any atom is -0.492 e. The molecule has 4 atom stereocenters. The van der Waals surface area contributed by atoms with E-state index in [2.05, 4.69) is 47.6 Å². The molecule has 1 aromatic rings. The number of carbonyl (C=O) groups is 1. The molecule has 11 heteroatoms. The van der Waals surface area contributed by atoms with Gasteiger partial charge < -0.3 is 10.1 Å². The van der Waals surface area contributed by atoms with E-state index < -0.39 is 5.54 Å². The molecule has 4 unspecified atom stereocenters. The van der Waals surface area contributed by atoms with E-state index in [0.717, 1.165) is 57.3 Å². The lowest BCUT2D eigenvalue weighted by atomic mass is 9.91. The highest BCUT2D eigenvalue weighted by Crippen LogP contribution is 2.24. The van der Waals surface area contributed by atoms with Gasteiger partial charge in [0.15, 0.2) is 0 Å². The molecule has 0 aromatic heterocycles. The molecule has 1 aromatic carbocycles.